The van der Waals surface area contributed by atoms with E-state index in [1.807, 2.05) is 6.07 Å². The van der Waals surface area contributed by atoms with Gasteiger partial charge in [0.05, 0.1) is 17.7 Å². The van der Waals surface area contributed by atoms with Gasteiger partial charge in [0, 0.05) is 0 Å². The highest BCUT2D eigenvalue weighted by atomic mass is 35.5. The van der Waals surface area contributed by atoms with E-state index in [1.54, 1.807) is 18.2 Å². The van der Waals surface area contributed by atoms with E-state index in [9.17, 15) is 4.79 Å². The fourth-order valence-corrected chi connectivity index (χ4v) is 1.49. The molecule has 2 rings (SSSR count). The van der Waals surface area contributed by atoms with Gasteiger partial charge in [-0.05, 0) is 12.1 Å². The standard InChI is InChI=1S/C11H9ClN2O3/c1-16-10(15)6-9-13-11(17-14-9)7-4-2-3-5-8(7)12/h2-5H,6H2,1H3. The van der Waals surface area contributed by atoms with E-state index in [0.717, 1.165) is 0 Å². The second kappa shape index (κ2) is 4.97. The summed E-state index contributed by atoms with van der Waals surface area (Å²) in [5.74, 6) is 0.137. The lowest BCUT2D eigenvalue weighted by molar-refractivity contribution is -0.139. The third-order valence-corrected chi connectivity index (χ3v) is 2.43. The first-order chi connectivity index (χ1) is 8.20. The van der Waals surface area contributed by atoms with Crippen LogP contribution in [0.4, 0.5) is 0 Å². The zero-order chi connectivity index (χ0) is 12.3. The van der Waals surface area contributed by atoms with Gasteiger partial charge >= 0.3 is 5.97 Å². The van der Waals surface area contributed by atoms with E-state index in [0.29, 0.717) is 10.6 Å². The minimum atomic E-state index is -0.420. The molecule has 0 radical (unpaired) electrons. The Labute approximate surface area is 102 Å². The van der Waals surface area contributed by atoms with Crippen LogP contribution in [-0.2, 0) is 16.0 Å². The Morgan fingerprint density at radius 1 is 1.47 bits per heavy atom. The summed E-state index contributed by atoms with van der Waals surface area (Å²) >= 11 is 5.98. The van der Waals surface area contributed by atoms with Crippen LogP contribution < -0.4 is 0 Å². The minimum Gasteiger partial charge on any atom is -0.469 e. The molecular formula is C11H9ClN2O3. The van der Waals surface area contributed by atoms with Gasteiger partial charge in [0.25, 0.3) is 5.89 Å². The summed E-state index contributed by atoms with van der Waals surface area (Å²) in [7, 11) is 1.30. The average Bonchev–Trinajstić information content (AvgIpc) is 2.78. The number of hydrogen-bond acceptors (Lipinski definition) is 5. The van der Waals surface area contributed by atoms with Gasteiger partial charge in [0.15, 0.2) is 5.82 Å². The summed E-state index contributed by atoms with van der Waals surface area (Å²) in [6, 6.07) is 7.10. The maximum absolute atomic E-state index is 11.0. The van der Waals surface area contributed by atoms with Crippen molar-refractivity contribution in [2.45, 2.75) is 6.42 Å². The van der Waals surface area contributed by atoms with Crippen LogP contribution in [0, 0.1) is 0 Å². The number of esters is 1. The third-order valence-electron chi connectivity index (χ3n) is 2.10. The minimum absolute atomic E-state index is 0.0234. The lowest BCUT2D eigenvalue weighted by Gasteiger charge is -1.95. The molecule has 0 fully saturated rings. The lowest BCUT2D eigenvalue weighted by Crippen LogP contribution is -2.05. The molecule has 0 N–H and O–H groups in total. The smallest absolute Gasteiger partial charge is 0.313 e. The monoisotopic (exact) mass is 252 g/mol. The zero-order valence-corrected chi connectivity index (χ0v) is 9.77. The second-order valence-corrected chi connectivity index (χ2v) is 3.66. The van der Waals surface area contributed by atoms with Crippen molar-refractivity contribution in [3.63, 3.8) is 0 Å². The molecule has 0 aliphatic carbocycles. The first-order valence-electron chi connectivity index (χ1n) is 4.85. The van der Waals surface area contributed by atoms with Gasteiger partial charge in [-0.15, -0.1) is 0 Å². The molecule has 0 saturated carbocycles. The van der Waals surface area contributed by atoms with E-state index in [-0.39, 0.29) is 18.1 Å². The van der Waals surface area contributed by atoms with Crippen molar-refractivity contribution in [3.05, 3.63) is 35.1 Å². The van der Waals surface area contributed by atoms with E-state index < -0.39 is 5.97 Å². The number of benzene rings is 1. The zero-order valence-electron chi connectivity index (χ0n) is 9.01. The molecule has 0 atom stereocenters. The van der Waals surface area contributed by atoms with E-state index in [1.165, 1.54) is 7.11 Å². The lowest BCUT2D eigenvalue weighted by atomic mass is 10.2. The SMILES string of the molecule is COC(=O)Cc1noc(-c2ccccc2Cl)n1. The molecule has 0 amide bonds. The Kier molecular flexibility index (Phi) is 3.39. The predicted molar refractivity (Wildman–Crippen MR) is 60.5 cm³/mol. The molecule has 0 saturated heterocycles. The Balaban J connectivity index is 2.24. The van der Waals surface area contributed by atoms with Crippen LogP contribution in [0.15, 0.2) is 28.8 Å². The van der Waals surface area contributed by atoms with Crippen molar-refractivity contribution in [1.82, 2.24) is 10.1 Å². The number of nitrogens with zero attached hydrogens (tertiary/aromatic N) is 2. The van der Waals surface area contributed by atoms with Crippen molar-refractivity contribution in [2.75, 3.05) is 7.11 Å². The Hall–Kier alpha value is -1.88. The number of aromatic nitrogens is 2. The highest BCUT2D eigenvalue weighted by Gasteiger charge is 2.14. The van der Waals surface area contributed by atoms with Gasteiger partial charge in [0.1, 0.15) is 6.42 Å². The summed E-state index contributed by atoms with van der Waals surface area (Å²) in [4.78, 5) is 15.1. The highest BCUT2D eigenvalue weighted by Crippen LogP contribution is 2.25. The van der Waals surface area contributed by atoms with Gasteiger partial charge in [-0.3, -0.25) is 4.79 Å². The molecule has 0 unspecified atom stereocenters. The molecule has 5 nitrogen and oxygen atoms in total. The third kappa shape index (κ3) is 2.62. The van der Waals surface area contributed by atoms with Crippen molar-refractivity contribution >= 4 is 17.6 Å². The summed E-state index contributed by atoms with van der Waals surface area (Å²) in [6.45, 7) is 0. The summed E-state index contributed by atoms with van der Waals surface area (Å²) < 4.78 is 9.53. The number of rotatable bonds is 3. The number of carbonyl (C=O) groups excluding carboxylic acids is 1. The quantitative estimate of drug-likeness (QED) is 0.783. The van der Waals surface area contributed by atoms with Gasteiger partial charge in [0.2, 0.25) is 0 Å². The molecule has 0 aliphatic rings. The summed E-state index contributed by atoms with van der Waals surface area (Å²) in [5, 5.41) is 4.19. The molecule has 0 aliphatic heterocycles. The number of carbonyl (C=O) groups is 1. The molecule has 88 valence electrons. The van der Waals surface area contributed by atoms with Crippen LogP contribution in [0.2, 0.25) is 5.02 Å². The fourth-order valence-electron chi connectivity index (χ4n) is 1.27. The molecule has 6 heteroatoms. The van der Waals surface area contributed by atoms with Crippen LogP contribution in [-0.4, -0.2) is 23.2 Å². The van der Waals surface area contributed by atoms with Crippen LogP contribution in [0.5, 0.6) is 0 Å². The first-order valence-corrected chi connectivity index (χ1v) is 5.23. The molecule has 0 spiro atoms. The summed E-state index contributed by atoms with van der Waals surface area (Å²) in [5.41, 5.74) is 0.637. The van der Waals surface area contributed by atoms with E-state index >= 15 is 0 Å². The molecule has 1 aromatic heterocycles. The van der Waals surface area contributed by atoms with Crippen molar-refractivity contribution in [2.24, 2.45) is 0 Å². The Bertz CT molecular complexity index is 539. The van der Waals surface area contributed by atoms with Gasteiger partial charge in [-0.1, -0.05) is 28.9 Å². The van der Waals surface area contributed by atoms with Crippen LogP contribution in [0.25, 0.3) is 11.5 Å². The largest absolute Gasteiger partial charge is 0.469 e. The highest BCUT2D eigenvalue weighted by molar-refractivity contribution is 6.33. The maximum atomic E-state index is 11.0. The predicted octanol–water partition coefficient (Wildman–Crippen LogP) is 2.11. The van der Waals surface area contributed by atoms with Crippen molar-refractivity contribution in [1.29, 1.82) is 0 Å². The molecular weight excluding hydrogens is 244 g/mol. The first kappa shape index (κ1) is 11.6. The number of ether oxygens (including phenoxy) is 1. The summed E-state index contributed by atoms with van der Waals surface area (Å²) in [6.07, 6.45) is -0.0234. The fraction of sp³-hybridized carbons (Fsp3) is 0.182. The average molecular weight is 253 g/mol. The molecule has 17 heavy (non-hydrogen) atoms. The normalized spacial score (nSPS) is 10.2. The Morgan fingerprint density at radius 2 is 2.24 bits per heavy atom. The molecule has 1 heterocycles. The number of methoxy groups -OCH3 is 1. The van der Waals surface area contributed by atoms with Crippen molar-refractivity contribution in [3.8, 4) is 11.5 Å². The number of halogens is 1. The molecule has 2 aromatic rings. The number of hydrogen-bond donors (Lipinski definition) is 0. The van der Waals surface area contributed by atoms with Gasteiger partial charge in [-0.2, -0.15) is 4.98 Å². The van der Waals surface area contributed by atoms with Crippen molar-refractivity contribution < 1.29 is 14.1 Å². The molecule has 0 bridgehead atoms. The van der Waals surface area contributed by atoms with Crippen LogP contribution in [0.3, 0.4) is 0 Å². The van der Waals surface area contributed by atoms with Gasteiger partial charge < -0.3 is 9.26 Å². The van der Waals surface area contributed by atoms with Crippen LogP contribution >= 0.6 is 11.6 Å². The van der Waals surface area contributed by atoms with E-state index in [2.05, 4.69) is 14.9 Å². The second-order valence-electron chi connectivity index (χ2n) is 3.25. The molecule has 1 aromatic carbocycles. The maximum Gasteiger partial charge on any atom is 0.313 e. The van der Waals surface area contributed by atoms with E-state index in [4.69, 9.17) is 16.1 Å². The van der Waals surface area contributed by atoms with Crippen LogP contribution in [0.1, 0.15) is 5.82 Å². The topological polar surface area (TPSA) is 65.2 Å². The Morgan fingerprint density at radius 3 is 2.94 bits per heavy atom. The van der Waals surface area contributed by atoms with Gasteiger partial charge in [-0.25, -0.2) is 0 Å².